The first-order chi connectivity index (χ1) is 9.36. The van der Waals surface area contributed by atoms with Crippen molar-refractivity contribution >= 4 is 6.29 Å². The first-order valence-electron chi connectivity index (χ1n) is 6.76. The molecule has 3 heteroatoms. The molecule has 1 aromatic carbocycles. The van der Waals surface area contributed by atoms with Gasteiger partial charge in [0.25, 0.3) is 0 Å². The van der Waals surface area contributed by atoms with Crippen molar-refractivity contribution < 1.29 is 14.3 Å². The van der Waals surface area contributed by atoms with Gasteiger partial charge in [0.2, 0.25) is 0 Å². The summed E-state index contributed by atoms with van der Waals surface area (Å²) in [6.45, 7) is 2.74. The third-order valence-electron chi connectivity index (χ3n) is 2.69. The van der Waals surface area contributed by atoms with Gasteiger partial charge in [-0.1, -0.05) is 50.1 Å². The summed E-state index contributed by atoms with van der Waals surface area (Å²) in [7, 11) is 0. The molecular weight excluding hydrogens is 240 g/mol. The summed E-state index contributed by atoms with van der Waals surface area (Å²) in [6.07, 6.45) is 6.87. The fourth-order valence-electron chi connectivity index (χ4n) is 1.62. The van der Waals surface area contributed by atoms with Crippen molar-refractivity contribution in [2.45, 2.75) is 39.2 Å². The summed E-state index contributed by atoms with van der Waals surface area (Å²) in [5.41, 5.74) is 1.09. The molecule has 0 spiro atoms. The average Bonchev–Trinajstić information content (AvgIpc) is 2.46. The van der Waals surface area contributed by atoms with E-state index in [1.807, 2.05) is 36.4 Å². The zero-order chi connectivity index (χ0) is 13.8. The number of rotatable bonds is 10. The highest BCUT2D eigenvalue weighted by Crippen LogP contribution is 2.05. The van der Waals surface area contributed by atoms with Gasteiger partial charge < -0.3 is 9.47 Å². The summed E-state index contributed by atoms with van der Waals surface area (Å²) in [5, 5.41) is 0. The van der Waals surface area contributed by atoms with E-state index in [0.717, 1.165) is 24.7 Å². The van der Waals surface area contributed by atoms with Crippen LogP contribution in [-0.2, 0) is 20.9 Å². The maximum absolute atomic E-state index is 10.8. The van der Waals surface area contributed by atoms with Crippen LogP contribution in [0.5, 0.6) is 0 Å². The van der Waals surface area contributed by atoms with Gasteiger partial charge in [0.1, 0.15) is 0 Å². The summed E-state index contributed by atoms with van der Waals surface area (Å²) in [4.78, 5) is 10.8. The van der Waals surface area contributed by atoms with Crippen molar-refractivity contribution in [2.24, 2.45) is 0 Å². The molecule has 0 aliphatic rings. The molecule has 3 nitrogen and oxygen atoms in total. The Kier molecular flexibility index (Phi) is 8.39. The number of allylic oxidation sites excluding steroid dienone is 2. The van der Waals surface area contributed by atoms with Crippen molar-refractivity contribution in [3.8, 4) is 0 Å². The van der Waals surface area contributed by atoms with Crippen molar-refractivity contribution in [1.29, 1.82) is 0 Å². The van der Waals surface area contributed by atoms with Crippen LogP contribution in [0.4, 0.5) is 0 Å². The van der Waals surface area contributed by atoms with E-state index in [4.69, 9.17) is 9.47 Å². The Hall–Kier alpha value is -1.61. The van der Waals surface area contributed by atoms with E-state index < -0.39 is 0 Å². The van der Waals surface area contributed by atoms with E-state index in [-0.39, 0.29) is 6.79 Å². The van der Waals surface area contributed by atoms with Crippen molar-refractivity contribution in [3.05, 3.63) is 47.7 Å². The molecule has 104 valence electrons. The number of benzene rings is 1. The molecule has 0 N–H and O–H groups in total. The molecule has 0 saturated carbocycles. The maximum atomic E-state index is 10.8. The van der Waals surface area contributed by atoms with Crippen molar-refractivity contribution in [1.82, 2.24) is 0 Å². The molecule has 0 unspecified atom stereocenters. The van der Waals surface area contributed by atoms with Crippen LogP contribution in [0.25, 0.3) is 0 Å². The van der Waals surface area contributed by atoms with Crippen LogP contribution in [0, 0.1) is 0 Å². The highest BCUT2D eigenvalue weighted by atomic mass is 16.7. The molecule has 1 rings (SSSR count). The zero-order valence-corrected chi connectivity index (χ0v) is 11.5. The fraction of sp³-hybridized carbons (Fsp3) is 0.438. The summed E-state index contributed by atoms with van der Waals surface area (Å²) in [6, 6.07) is 9.86. The third kappa shape index (κ3) is 7.42. The molecule has 0 aliphatic carbocycles. The van der Waals surface area contributed by atoms with E-state index in [1.165, 1.54) is 12.8 Å². The van der Waals surface area contributed by atoms with E-state index in [1.54, 1.807) is 0 Å². The lowest BCUT2D eigenvalue weighted by molar-refractivity contribution is -0.111. The van der Waals surface area contributed by atoms with Crippen LogP contribution < -0.4 is 0 Å². The van der Waals surface area contributed by atoms with Crippen LogP contribution in [0.15, 0.2) is 42.2 Å². The Bertz CT molecular complexity index is 371. The van der Waals surface area contributed by atoms with Gasteiger partial charge >= 0.3 is 0 Å². The fourth-order valence-corrected chi connectivity index (χ4v) is 1.62. The molecule has 0 atom stereocenters. The predicted molar refractivity (Wildman–Crippen MR) is 75.5 cm³/mol. The number of carbonyl (C=O) groups is 1. The molecule has 0 fully saturated rings. The molecule has 0 amide bonds. The monoisotopic (exact) mass is 262 g/mol. The molecule has 0 heterocycles. The number of carbonyl (C=O) groups excluding carboxylic acids is 1. The maximum Gasteiger partial charge on any atom is 0.189 e. The molecule has 0 radical (unpaired) electrons. The Labute approximate surface area is 115 Å². The van der Waals surface area contributed by atoms with Gasteiger partial charge in [0.15, 0.2) is 18.8 Å². The quantitative estimate of drug-likeness (QED) is 0.211. The average molecular weight is 262 g/mol. The number of unbranched alkanes of at least 4 members (excludes halogenated alkanes) is 3. The van der Waals surface area contributed by atoms with Crippen LogP contribution in [0.1, 0.15) is 38.2 Å². The Morgan fingerprint density at radius 2 is 2.00 bits per heavy atom. The first-order valence-corrected chi connectivity index (χ1v) is 6.76. The van der Waals surface area contributed by atoms with Gasteiger partial charge in [-0.05, 0) is 24.5 Å². The molecule has 1 aromatic rings. The molecule has 0 saturated heterocycles. The van der Waals surface area contributed by atoms with Gasteiger partial charge in [-0.3, -0.25) is 4.79 Å². The number of ether oxygens (including phenoxy) is 2. The van der Waals surface area contributed by atoms with E-state index >= 15 is 0 Å². The van der Waals surface area contributed by atoms with Crippen molar-refractivity contribution in [2.75, 3.05) is 6.79 Å². The van der Waals surface area contributed by atoms with Gasteiger partial charge in [-0.25, -0.2) is 0 Å². The Balaban J connectivity index is 2.17. The Morgan fingerprint density at radius 3 is 2.68 bits per heavy atom. The van der Waals surface area contributed by atoms with Crippen LogP contribution >= 0.6 is 0 Å². The summed E-state index contributed by atoms with van der Waals surface area (Å²) < 4.78 is 10.6. The van der Waals surface area contributed by atoms with E-state index in [0.29, 0.717) is 12.4 Å². The van der Waals surface area contributed by atoms with Crippen LogP contribution in [-0.4, -0.2) is 13.1 Å². The van der Waals surface area contributed by atoms with Gasteiger partial charge in [-0.2, -0.15) is 0 Å². The summed E-state index contributed by atoms with van der Waals surface area (Å²) in [5.74, 6) is 0.365. The second kappa shape index (κ2) is 10.3. The lowest BCUT2D eigenvalue weighted by atomic mass is 10.2. The third-order valence-corrected chi connectivity index (χ3v) is 2.69. The lowest BCUT2D eigenvalue weighted by Crippen LogP contribution is -2.01. The zero-order valence-electron chi connectivity index (χ0n) is 11.5. The predicted octanol–water partition coefficient (Wildman–Crippen LogP) is 3.84. The number of aldehydes is 1. The lowest BCUT2D eigenvalue weighted by Gasteiger charge is -2.06. The van der Waals surface area contributed by atoms with Crippen LogP contribution in [0.3, 0.4) is 0 Å². The molecule has 19 heavy (non-hydrogen) atoms. The minimum atomic E-state index is 0.104. The SMILES string of the molecule is CCCCCC=C(C=O)OCOCc1ccccc1. The van der Waals surface area contributed by atoms with Gasteiger partial charge in [-0.15, -0.1) is 0 Å². The highest BCUT2D eigenvalue weighted by molar-refractivity contribution is 5.69. The van der Waals surface area contributed by atoms with Gasteiger partial charge in [0, 0.05) is 0 Å². The summed E-state index contributed by atoms with van der Waals surface area (Å²) >= 11 is 0. The number of hydrogen-bond acceptors (Lipinski definition) is 3. The molecule has 0 bridgehead atoms. The standard InChI is InChI=1S/C16H22O3/c1-2-3-4-8-11-16(12-17)19-14-18-13-15-9-6-5-7-10-15/h5-7,9-12H,2-4,8,13-14H2,1H3. The van der Waals surface area contributed by atoms with Gasteiger partial charge in [0.05, 0.1) is 6.61 Å². The first kappa shape index (κ1) is 15.4. The van der Waals surface area contributed by atoms with E-state index in [9.17, 15) is 4.79 Å². The second-order valence-electron chi connectivity index (χ2n) is 4.32. The largest absolute Gasteiger partial charge is 0.464 e. The topological polar surface area (TPSA) is 35.5 Å². The Morgan fingerprint density at radius 1 is 1.21 bits per heavy atom. The number of hydrogen-bond donors (Lipinski definition) is 0. The van der Waals surface area contributed by atoms with Crippen LogP contribution in [0.2, 0.25) is 0 Å². The molecule has 0 aliphatic heterocycles. The highest BCUT2D eigenvalue weighted by Gasteiger charge is 1.97. The van der Waals surface area contributed by atoms with E-state index in [2.05, 4.69) is 6.92 Å². The second-order valence-corrected chi connectivity index (χ2v) is 4.32. The minimum Gasteiger partial charge on any atom is -0.464 e. The molecule has 0 aromatic heterocycles. The molecular formula is C16H22O3. The normalized spacial score (nSPS) is 11.3. The van der Waals surface area contributed by atoms with Crippen molar-refractivity contribution in [3.63, 3.8) is 0 Å². The minimum absolute atomic E-state index is 0.104. The smallest absolute Gasteiger partial charge is 0.189 e.